The summed E-state index contributed by atoms with van der Waals surface area (Å²) >= 11 is 0. The number of carbonyl (C=O) groups is 1. The molecule has 3 aromatic rings. The number of nitrogens with zero attached hydrogens (tertiary/aromatic N) is 3. The first-order valence-electron chi connectivity index (χ1n) is 6.86. The van der Waals surface area contributed by atoms with Crippen LogP contribution in [0.5, 0.6) is 0 Å². The molecule has 0 aromatic carbocycles. The molecule has 0 radical (unpaired) electrons. The van der Waals surface area contributed by atoms with Crippen molar-refractivity contribution in [1.82, 2.24) is 14.9 Å². The van der Waals surface area contributed by atoms with Gasteiger partial charge in [0.2, 0.25) is 0 Å². The summed E-state index contributed by atoms with van der Waals surface area (Å²) in [7, 11) is 0. The highest BCUT2D eigenvalue weighted by Gasteiger charge is 2.13. The molecule has 0 aliphatic heterocycles. The summed E-state index contributed by atoms with van der Waals surface area (Å²) in [5.41, 5.74) is 1.83. The Balaban J connectivity index is 1.70. The smallest absolute Gasteiger partial charge is 0.292 e. The first-order chi connectivity index (χ1) is 10.5. The first kappa shape index (κ1) is 14.1. The summed E-state index contributed by atoms with van der Waals surface area (Å²) in [6.45, 7) is 6.07. The molecule has 3 heterocycles. The minimum Gasteiger partial charge on any atom is -0.456 e. The Morgan fingerprint density at radius 3 is 2.73 bits per heavy atom. The van der Waals surface area contributed by atoms with Gasteiger partial charge < -0.3 is 14.3 Å². The van der Waals surface area contributed by atoms with Crippen molar-refractivity contribution in [1.29, 1.82) is 0 Å². The number of nitrogens with one attached hydrogen (secondary N) is 1. The van der Waals surface area contributed by atoms with Gasteiger partial charge in [-0.2, -0.15) is 5.10 Å². The van der Waals surface area contributed by atoms with Crippen molar-refractivity contribution >= 4 is 11.7 Å². The topological polar surface area (TPSA) is 86.1 Å². The summed E-state index contributed by atoms with van der Waals surface area (Å²) in [5.74, 6) is 1.86. The van der Waals surface area contributed by atoms with E-state index in [4.69, 9.17) is 8.94 Å². The molecule has 0 atom stereocenters. The number of hydrogen-bond acceptors (Lipinski definition) is 5. The van der Waals surface area contributed by atoms with Crippen LogP contribution in [0.1, 0.15) is 33.3 Å². The van der Waals surface area contributed by atoms with Gasteiger partial charge in [0, 0.05) is 17.8 Å². The second-order valence-electron chi connectivity index (χ2n) is 5.07. The van der Waals surface area contributed by atoms with Crippen LogP contribution in [0.3, 0.4) is 0 Å². The zero-order valence-electron chi connectivity index (χ0n) is 12.6. The van der Waals surface area contributed by atoms with Crippen molar-refractivity contribution in [3.63, 3.8) is 0 Å². The quantitative estimate of drug-likeness (QED) is 0.800. The van der Waals surface area contributed by atoms with Crippen LogP contribution in [0.15, 0.2) is 33.3 Å². The van der Waals surface area contributed by atoms with Crippen LogP contribution < -0.4 is 5.32 Å². The minimum atomic E-state index is -0.323. The van der Waals surface area contributed by atoms with Gasteiger partial charge in [-0.25, -0.2) is 0 Å². The van der Waals surface area contributed by atoms with Crippen LogP contribution in [0.4, 0.5) is 5.82 Å². The molecule has 7 heteroatoms. The van der Waals surface area contributed by atoms with Gasteiger partial charge in [-0.3, -0.25) is 9.48 Å². The third kappa shape index (κ3) is 2.78. The second-order valence-corrected chi connectivity index (χ2v) is 5.07. The molecular formula is C15H16N4O3. The van der Waals surface area contributed by atoms with E-state index in [1.54, 1.807) is 36.0 Å². The molecule has 1 amide bonds. The van der Waals surface area contributed by atoms with Crippen molar-refractivity contribution in [3.05, 3.63) is 52.9 Å². The summed E-state index contributed by atoms with van der Waals surface area (Å²) in [4.78, 5) is 12.0. The fraction of sp³-hybridized carbons (Fsp3) is 0.267. The number of furan rings is 1. The van der Waals surface area contributed by atoms with Crippen molar-refractivity contribution < 1.29 is 13.7 Å². The maximum Gasteiger partial charge on any atom is 0.292 e. The third-order valence-electron chi connectivity index (χ3n) is 3.35. The van der Waals surface area contributed by atoms with Gasteiger partial charge in [-0.05, 0) is 32.9 Å². The number of aromatic nitrogens is 3. The van der Waals surface area contributed by atoms with Gasteiger partial charge in [0.1, 0.15) is 11.5 Å². The Morgan fingerprint density at radius 1 is 1.27 bits per heavy atom. The van der Waals surface area contributed by atoms with E-state index in [-0.39, 0.29) is 11.7 Å². The van der Waals surface area contributed by atoms with Crippen molar-refractivity contribution in [2.45, 2.75) is 27.3 Å². The lowest BCUT2D eigenvalue weighted by Gasteiger charge is -2.01. The standard InChI is InChI=1S/C15H16N4O3/c1-9-4-5-13(21-9)15(20)16-14-6-7-19(17-14)8-12-10(2)18-22-11(12)3/h4-7H,8H2,1-3H3,(H,16,17,20). The number of carbonyl (C=O) groups excluding carboxylic acids is 1. The Kier molecular flexibility index (Phi) is 3.54. The van der Waals surface area contributed by atoms with Crippen molar-refractivity contribution in [3.8, 4) is 0 Å². The summed E-state index contributed by atoms with van der Waals surface area (Å²) in [6, 6.07) is 5.10. The number of aryl methyl sites for hydroxylation is 3. The van der Waals surface area contributed by atoms with E-state index in [1.165, 1.54) is 0 Å². The van der Waals surface area contributed by atoms with Gasteiger partial charge in [-0.1, -0.05) is 5.16 Å². The maximum atomic E-state index is 12.0. The first-order valence-corrected chi connectivity index (χ1v) is 6.86. The van der Waals surface area contributed by atoms with Gasteiger partial charge in [-0.15, -0.1) is 0 Å². The van der Waals surface area contributed by atoms with E-state index < -0.39 is 0 Å². The fourth-order valence-corrected chi connectivity index (χ4v) is 2.14. The summed E-state index contributed by atoms with van der Waals surface area (Å²) in [6.07, 6.45) is 1.79. The number of anilines is 1. The highest BCUT2D eigenvalue weighted by atomic mass is 16.5. The zero-order chi connectivity index (χ0) is 15.7. The molecular weight excluding hydrogens is 284 g/mol. The lowest BCUT2D eigenvalue weighted by atomic mass is 10.2. The predicted molar refractivity (Wildman–Crippen MR) is 78.7 cm³/mol. The number of hydrogen-bond donors (Lipinski definition) is 1. The average molecular weight is 300 g/mol. The second kappa shape index (κ2) is 5.51. The fourth-order valence-electron chi connectivity index (χ4n) is 2.14. The number of amides is 1. The third-order valence-corrected chi connectivity index (χ3v) is 3.35. The molecule has 22 heavy (non-hydrogen) atoms. The van der Waals surface area contributed by atoms with E-state index in [0.717, 1.165) is 17.0 Å². The highest BCUT2D eigenvalue weighted by molar-refractivity contribution is 6.01. The molecule has 0 aliphatic carbocycles. The molecule has 0 spiro atoms. The molecule has 0 saturated heterocycles. The Morgan fingerprint density at radius 2 is 2.09 bits per heavy atom. The van der Waals surface area contributed by atoms with E-state index in [1.807, 2.05) is 13.8 Å². The van der Waals surface area contributed by atoms with Gasteiger partial charge in [0.15, 0.2) is 11.6 Å². The van der Waals surface area contributed by atoms with Crippen LogP contribution in [-0.4, -0.2) is 20.8 Å². The maximum absolute atomic E-state index is 12.0. The summed E-state index contributed by atoms with van der Waals surface area (Å²) < 4.78 is 12.1. The van der Waals surface area contributed by atoms with Crippen LogP contribution in [0.25, 0.3) is 0 Å². The molecule has 0 saturated carbocycles. The lowest BCUT2D eigenvalue weighted by Crippen LogP contribution is -2.12. The molecule has 114 valence electrons. The number of rotatable bonds is 4. The molecule has 0 aliphatic rings. The van der Waals surface area contributed by atoms with E-state index >= 15 is 0 Å². The van der Waals surface area contributed by atoms with Gasteiger partial charge in [0.05, 0.1) is 12.2 Å². The Labute approximate surface area is 126 Å². The monoisotopic (exact) mass is 300 g/mol. The molecule has 3 rings (SSSR count). The average Bonchev–Trinajstić information content (AvgIpc) is 3.17. The normalized spacial score (nSPS) is 10.9. The largest absolute Gasteiger partial charge is 0.456 e. The van der Waals surface area contributed by atoms with Gasteiger partial charge >= 0.3 is 0 Å². The van der Waals surface area contributed by atoms with Crippen LogP contribution in [-0.2, 0) is 6.54 Å². The van der Waals surface area contributed by atoms with E-state index in [0.29, 0.717) is 18.1 Å². The predicted octanol–water partition coefficient (Wildman–Crippen LogP) is 2.69. The van der Waals surface area contributed by atoms with Crippen molar-refractivity contribution in [2.75, 3.05) is 5.32 Å². The highest BCUT2D eigenvalue weighted by Crippen LogP contribution is 2.15. The Bertz CT molecular complexity index is 793. The zero-order valence-corrected chi connectivity index (χ0v) is 12.6. The molecule has 7 nitrogen and oxygen atoms in total. The molecule has 0 fully saturated rings. The summed E-state index contributed by atoms with van der Waals surface area (Å²) in [5, 5.41) is 10.9. The molecule has 0 bridgehead atoms. The van der Waals surface area contributed by atoms with Gasteiger partial charge in [0.25, 0.3) is 5.91 Å². The SMILES string of the molecule is Cc1ccc(C(=O)Nc2ccn(Cc3c(C)noc3C)n2)o1. The van der Waals surface area contributed by atoms with Crippen LogP contribution in [0.2, 0.25) is 0 Å². The molecule has 1 N–H and O–H groups in total. The molecule has 0 unspecified atom stereocenters. The minimum absolute atomic E-state index is 0.262. The van der Waals surface area contributed by atoms with E-state index in [2.05, 4.69) is 15.6 Å². The van der Waals surface area contributed by atoms with Crippen LogP contribution in [0, 0.1) is 20.8 Å². The lowest BCUT2D eigenvalue weighted by molar-refractivity contribution is 0.0995. The van der Waals surface area contributed by atoms with Crippen molar-refractivity contribution in [2.24, 2.45) is 0 Å². The molecule has 3 aromatic heterocycles. The van der Waals surface area contributed by atoms with E-state index in [9.17, 15) is 4.79 Å². The van der Waals surface area contributed by atoms with Crippen LogP contribution >= 0.6 is 0 Å². The Hall–Kier alpha value is -2.83.